The normalized spacial score (nSPS) is 26.3. The first-order chi connectivity index (χ1) is 10.7. The van der Waals surface area contributed by atoms with Gasteiger partial charge in [0, 0.05) is 45.1 Å². The van der Waals surface area contributed by atoms with E-state index in [4.69, 9.17) is 0 Å². The van der Waals surface area contributed by atoms with Gasteiger partial charge in [-0.25, -0.2) is 9.97 Å². The number of likely N-dealkylation sites (tertiary alicyclic amines) is 1. The van der Waals surface area contributed by atoms with Crippen LogP contribution in [0.4, 0.5) is 5.95 Å². The number of aromatic nitrogens is 2. The van der Waals surface area contributed by atoms with Gasteiger partial charge in [-0.15, -0.1) is 12.4 Å². The minimum atomic E-state index is -0.470. The fourth-order valence-corrected chi connectivity index (χ4v) is 3.23. The Kier molecular flexibility index (Phi) is 6.98. The van der Waals surface area contributed by atoms with E-state index < -0.39 is 12.5 Å². The standard InChI is InChI=1S/C15H25N5O2.ClH/c21-13-3-4-14(22)20(13)8-2-7-18-9-11-19(12-10-18)15-16-5-1-6-17-15;/h1,5-6,13-14,21-22H,2-4,7-12H2;1H. The molecule has 8 heteroatoms. The summed E-state index contributed by atoms with van der Waals surface area (Å²) in [6, 6.07) is 1.83. The number of aliphatic hydroxyl groups excluding tert-OH is 2. The second-order valence-corrected chi connectivity index (χ2v) is 6.01. The number of aliphatic hydroxyl groups is 2. The van der Waals surface area contributed by atoms with Crippen LogP contribution in [0.1, 0.15) is 19.3 Å². The Labute approximate surface area is 143 Å². The molecule has 0 aliphatic carbocycles. The van der Waals surface area contributed by atoms with Gasteiger partial charge < -0.3 is 15.1 Å². The van der Waals surface area contributed by atoms with Crippen molar-refractivity contribution in [2.24, 2.45) is 0 Å². The summed E-state index contributed by atoms with van der Waals surface area (Å²) in [5.74, 6) is 0.811. The van der Waals surface area contributed by atoms with E-state index in [1.54, 1.807) is 17.3 Å². The zero-order valence-corrected chi connectivity index (χ0v) is 14.1. The van der Waals surface area contributed by atoms with Crippen LogP contribution < -0.4 is 4.90 Å². The molecule has 0 spiro atoms. The number of nitrogens with zero attached hydrogens (tertiary/aromatic N) is 5. The van der Waals surface area contributed by atoms with Crippen LogP contribution in [0.25, 0.3) is 0 Å². The van der Waals surface area contributed by atoms with Crippen molar-refractivity contribution in [3.63, 3.8) is 0 Å². The molecule has 2 aliphatic rings. The summed E-state index contributed by atoms with van der Waals surface area (Å²) < 4.78 is 0. The molecule has 2 unspecified atom stereocenters. The lowest BCUT2D eigenvalue weighted by atomic mass is 10.3. The van der Waals surface area contributed by atoms with Gasteiger partial charge in [-0.2, -0.15) is 0 Å². The summed E-state index contributed by atoms with van der Waals surface area (Å²) in [6.07, 6.45) is 4.94. The molecular formula is C15H26ClN5O2. The van der Waals surface area contributed by atoms with Gasteiger partial charge in [0.1, 0.15) is 12.5 Å². The van der Waals surface area contributed by atoms with Crippen LogP contribution in [0.15, 0.2) is 18.5 Å². The molecule has 0 saturated carbocycles. The highest BCUT2D eigenvalue weighted by Gasteiger charge is 2.30. The zero-order chi connectivity index (χ0) is 15.4. The molecule has 2 aliphatic heterocycles. The molecule has 2 atom stereocenters. The Balaban J connectivity index is 0.00000192. The molecule has 2 N–H and O–H groups in total. The Morgan fingerprint density at radius 1 is 0.957 bits per heavy atom. The Morgan fingerprint density at radius 2 is 1.57 bits per heavy atom. The van der Waals surface area contributed by atoms with E-state index in [2.05, 4.69) is 19.8 Å². The van der Waals surface area contributed by atoms with Gasteiger partial charge in [0.25, 0.3) is 0 Å². The van der Waals surface area contributed by atoms with E-state index in [-0.39, 0.29) is 12.4 Å². The SMILES string of the molecule is Cl.OC1CCC(O)N1CCCN1CCN(c2ncccn2)CC1. The highest BCUT2D eigenvalue weighted by molar-refractivity contribution is 5.85. The van der Waals surface area contributed by atoms with Gasteiger partial charge in [0.2, 0.25) is 5.95 Å². The van der Waals surface area contributed by atoms with Crippen LogP contribution in [-0.2, 0) is 0 Å². The smallest absolute Gasteiger partial charge is 0.225 e. The average molecular weight is 344 g/mol. The van der Waals surface area contributed by atoms with Crippen molar-refractivity contribution in [2.45, 2.75) is 31.7 Å². The van der Waals surface area contributed by atoms with E-state index in [9.17, 15) is 10.2 Å². The van der Waals surface area contributed by atoms with Gasteiger partial charge in [-0.05, 0) is 31.9 Å². The highest BCUT2D eigenvalue weighted by Crippen LogP contribution is 2.20. The molecule has 2 fully saturated rings. The van der Waals surface area contributed by atoms with E-state index in [0.29, 0.717) is 12.8 Å². The molecule has 2 saturated heterocycles. The van der Waals surface area contributed by atoms with Crippen molar-refractivity contribution in [2.75, 3.05) is 44.2 Å². The lowest BCUT2D eigenvalue weighted by Gasteiger charge is -2.35. The molecule has 130 valence electrons. The number of rotatable bonds is 5. The average Bonchev–Trinajstić information content (AvgIpc) is 2.88. The lowest BCUT2D eigenvalue weighted by Crippen LogP contribution is -2.47. The summed E-state index contributed by atoms with van der Waals surface area (Å²) in [5, 5.41) is 19.6. The van der Waals surface area contributed by atoms with Crippen molar-refractivity contribution in [1.29, 1.82) is 0 Å². The zero-order valence-electron chi connectivity index (χ0n) is 13.3. The van der Waals surface area contributed by atoms with Gasteiger partial charge in [-0.3, -0.25) is 9.80 Å². The van der Waals surface area contributed by atoms with Gasteiger partial charge >= 0.3 is 0 Å². The number of anilines is 1. The molecule has 3 heterocycles. The fraction of sp³-hybridized carbons (Fsp3) is 0.733. The maximum atomic E-state index is 9.79. The van der Waals surface area contributed by atoms with Crippen LogP contribution in [-0.4, -0.2) is 81.7 Å². The predicted molar refractivity (Wildman–Crippen MR) is 90.5 cm³/mol. The summed E-state index contributed by atoms with van der Waals surface area (Å²) in [6.45, 7) is 5.65. The Bertz CT molecular complexity index is 448. The van der Waals surface area contributed by atoms with E-state index >= 15 is 0 Å². The fourth-order valence-electron chi connectivity index (χ4n) is 3.23. The number of hydrogen-bond donors (Lipinski definition) is 2. The molecule has 1 aromatic rings. The maximum Gasteiger partial charge on any atom is 0.225 e. The van der Waals surface area contributed by atoms with Crippen molar-refractivity contribution in [1.82, 2.24) is 19.8 Å². The summed E-state index contributed by atoms with van der Waals surface area (Å²) in [5.41, 5.74) is 0. The van der Waals surface area contributed by atoms with E-state index in [1.165, 1.54) is 0 Å². The Morgan fingerprint density at radius 3 is 2.17 bits per heavy atom. The van der Waals surface area contributed by atoms with Crippen LogP contribution in [0, 0.1) is 0 Å². The molecule has 1 aromatic heterocycles. The summed E-state index contributed by atoms with van der Waals surface area (Å²) in [7, 11) is 0. The predicted octanol–water partition coefficient (Wildman–Crippen LogP) is 0.143. The van der Waals surface area contributed by atoms with Gasteiger partial charge in [0.05, 0.1) is 0 Å². The van der Waals surface area contributed by atoms with Crippen molar-refractivity contribution in [3.8, 4) is 0 Å². The third kappa shape index (κ3) is 4.74. The van der Waals surface area contributed by atoms with E-state index in [1.807, 2.05) is 6.07 Å². The number of hydrogen-bond acceptors (Lipinski definition) is 7. The first-order valence-electron chi connectivity index (χ1n) is 8.10. The molecule has 7 nitrogen and oxygen atoms in total. The second-order valence-electron chi connectivity index (χ2n) is 6.01. The summed E-state index contributed by atoms with van der Waals surface area (Å²) in [4.78, 5) is 15.0. The molecule has 0 amide bonds. The van der Waals surface area contributed by atoms with Crippen LogP contribution >= 0.6 is 12.4 Å². The molecule has 23 heavy (non-hydrogen) atoms. The van der Waals surface area contributed by atoms with E-state index in [0.717, 1.165) is 51.6 Å². The molecule has 0 radical (unpaired) electrons. The number of halogens is 1. The minimum Gasteiger partial charge on any atom is -0.378 e. The van der Waals surface area contributed by atoms with Crippen LogP contribution in [0.2, 0.25) is 0 Å². The molecule has 0 bridgehead atoms. The lowest BCUT2D eigenvalue weighted by molar-refractivity contribution is -0.0541. The maximum absolute atomic E-state index is 9.79. The van der Waals surface area contributed by atoms with Crippen LogP contribution in [0.5, 0.6) is 0 Å². The molecular weight excluding hydrogens is 318 g/mol. The van der Waals surface area contributed by atoms with Crippen molar-refractivity contribution >= 4 is 18.4 Å². The topological polar surface area (TPSA) is 76.0 Å². The first kappa shape index (κ1) is 18.4. The molecule has 0 aromatic carbocycles. The van der Waals surface area contributed by atoms with Crippen molar-refractivity contribution in [3.05, 3.63) is 18.5 Å². The third-order valence-electron chi connectivity index (χ3n) is 4.55. The first-order valence-corrected chi connectivity index (χ1v) is 8.10. The van der Waals surface area contributed by atoms with Gasteiger partial charge in [-0.1, -0.05) is 0 Å². The quantitative estimate of drug-likeness (QED) is 0.787. The highest BCUT2D eigenvalue weighted by atomic mass is 35.5. The largest absolute Gasteiger partial charge is 0.378 e. The molecule has 3 rings (SSSR count). The van der Waals surface area contributed by atoms with Crippen LogP contribution in [0.3, 0.4) is 0 Å². The summed E-state index contributed by atoms with van der Waals surface area (Å²) >= 11 is 0. The monoisotopic (exact) mass is 343 g/mol. The third-order valence-corrected chi connectivity index (χ3v) is 4.55. The van der Waals surface area contributed by atoms with Crippen molar-refractivity contribution < 1.29 is 10.2 Å². The minimum absolute atomic E-state index is 0. The number of piperazine rings is 1. The second kappa shape index (κ2) is 8.75. The van der Waals surface area contributed by atoms with Gasteiger partial charge in [0.15, 0.2) is 0 Å². The Hall–Kier alpha value is -0.990.